The van der Waals surface area contributed by atoms with Gasteiger partial charge in [0.05, 0.1) is 0 Å². The summed E-state index contributed by atoms with van der Waals surface area (Å²) in [7, 11) is 0. The molecule has 1 heteroatoms. The Bertz CT molecular complexity index is 149. The van der Waals surface area contributed by atoms with Crippen LogP contribution in [0.4, 0.5) is 0 Å². The summed E-state index contributed by atoms with van der Waals surface area (Å²) in [6.45, 7) is 2.60. The van der Waals surface area contributed by atoms with Gasteiger partial charge >= 0.3 is 0 Å². The lowest BCUT2D eigenvalue weighted by atomic mass is 9.98. The molecule has 1 aliphatic carbocycles. The molecule has 0 saturated heterocycles. The van der Waals surface area contributed by atoms with Crippen molar-refractivity contribution < 1.29 is 5.11 Å². The molecule has 1 N–H and O–H groups in total. The van der Waals surface area contributed by atoms with E-state index in [1.165, 1.54) is 37.7 Å². The molecule has 0 aromatic carbocycles. The fourth-order valence-corrected chi connectivity index (χ4v) is 1.83. The van der Waals surface area contributed by atoms with E-state index < -0.39 is 0 Å². The minimum absolute atomic E-state index is 0.382. The summed E-state index contributed by atoms with van der Waals surface area (Å²) in [4.78, 5) is 0. The van der Waals surface area contributed by atoms with Gasteiger partial charge in [0.1, 0.15) is 0 Å². The highest BCUT2D eigenvalue weighted by Crippen LogP contribution is 2.20. The molecule has 1 unspecified atom stereocenters. The van der Waals surface area contributed by atoms with E-state index in [1.54, 1.807) is 0 Å². The summed E-state index contributed by atoms with van der Waals surface area (Å²) >= 11 is 0. The zero-order valence-electron chi connectivity index (χ0n) is 8.05. The van der Waals surface area contributed by atoms with Crippen LogP contribution >= 0.6 is 0 Å². The van der Waals surface area contributed by atoms with E-state index in [0.29, 0.717) is 12.5 Å². The van der Waals surface area contributed by atoms with Crippen LogP contribution in [-0.4, -0.2) is 11.7 Å². The number of hydrogen-bond acceptors (Lipinski definition) is 1. The summed E-state index contributed by atoms with van der Waals surface area (Å²) in [5, 5.41) is 9.04. The predicted octanol–water partition coefficient (Wildman–Crippen LogP) is 2.90. The number of aliphatic hydroxyl groups is 1. The molecule has 0 spiro atoms. The fourth-order valence-electron chi connectivity index (χ4n) is 1.83. The maximum Gasteiger partial charge on any atom is 0.0459 e. The SMILES string of the molecule is C/C1=C/CCC(CO)CCCC1. The zero-order valence-corrected chi connectivity index (χ0v) is 8.05. The van der Waals surface area contributed by atoms with Gasteiger partial charge in [0, 0.05) is 6.61 Å². The van der Waals surface area contributed by atoms with Crippen LogP contribution in [0.3, 0.4) is 0 Å². The van der Waals surface area contributed by atoms with Gasteiger partial charge in [-0.25, -0.2) is 0 Å². The third-order valence-corrected chi connectivity index (χ3v) is 2.76. The van der Waals surface area contributed by atoms with Crippen LogP contribution in [0.2, 0.25) is 0 Å². The Balaban J connectivity index is 2.38. The van der Waals surface area contributed by atoms with Gasteiger partial charge in [-0.1, -0.05) is 18.1 Å². The van der Waals surface area contributed by atoms with E-state index in [4.69, 9.17) is 5.11 Å². The summed E-state index contributed by atoms with van der Waals surface area (Å²) in [5.41, 5.74) is 1.54. The zero-order chi connectivity index (χ0) is 8.81. The Morgan fingerprint density at radius 3 is 3.00 bits per heavy atom. The molecule has 0 aromatic heterocycles. The Labute approximate surface area is 75.5 Å². The van der Waals surface area contributed by atoms with Crippen molar-refractivity contribution in [2.24, 2.45) is 5.92 Å². The van der Waals surface area contributed by atoms with Crippen molar-refractivity contribution in [3.8, 4) is 0 Å². The molecule has 1 nitrogen and oxygen atoms in total. The summed E-state index contributed by atoms with van der Waals surface area (Å²) in [6.07, 6.45) is 9.75. The standard InChI is InChI=1S/C11H20O/c1-10-5-2-3-7-11(9-12)8-4-6-10/h6,11-12H,2-5,7-9H2,1H3/b10-6-. The van der Waals surface area contributed by atoms with Crippen molar-refractivity contribution in [1.29, 1.82) is 0 Å². The lowest BCUT2D eigenvalue weighted by Crippen LogP contribution is -2.04. The van der Waals surface area contributed by atoms with E-state index in [1.807, 2.05) is 0 Å². The van der Waals surface area contributed by atoms with Crippen molar-refractivity contribution in [2.45, 2.75) is 45.4 Å². The molecule has 1 aliphatic rings. The van der Waals surface area contributed by atoms with Crippen molar-refractivity contribution in [1.82, 2.24) is 0 Å². The van der Waals surface area contributed by atoms with Crippen LogP contribution in [0.5, 0.6) is 0 Å². The van der Waals surface area contributed by atoms with Crippen molar-refractivity contribution in [3.63, 3.8) is 0 Å². The van der Waals surface area contributed by atoms with Gasteiger partial charge in [-0.2, -0.15) is 0 Å². The highest BCUT2D eigenvalue weighted by Gasteiger charge is 2.07. The molecule has 1 atom stereocenters. The summed E-state index contributed by atoms with van der Waals surface area (Å²) in [6, 6.07) is 0. The summed E-state index contributed by atoms with van der Waals surface area (Å²) < 4.78 is 0. The molecule has 0 amide bonds. The van der Waals surface area contributed by atoms with Gasteiger partial charge in [0.2, 0.25) is 0 Å². The minimum Gasteiger partial charge on any atom is -0.396 e. The van der Waals surface area contributed by atoms with Crippen molar-refractivity contribution in [3.05, 3.63) is 11.6 Å². The smallest absolute Gasteiger partial charge is 0.0459 e. The van der Waals surface area contributed by atoms with Crippen molar-refractivity contribution >= 4 is 0 Å². The molecule has 0 heterocycles. The molecule has 0 aliphatic heterocycles. The number of allylic oxidation sites excluding steroid dienone is 2. The molecule has 0 fully saturated rings. The first-order valence-electron chi connectivity index (χ1n) is 5.09. The van der Waals surface area contributed by atoms with Crippen LogP contribution in [0.1, 0.15) is 45.4 Å². The van der Waals surface area contributed by atoms with Gasteiger partial charge in [0.25, 0.3) is 0 Å². The molecule has 1 rings (SSSR count). The van der Waals surface area contributed by atoms with E-state index in [-0.39, 0.29) is 0 Å². The molecule has 0 bridgehead atoms. The molecular weight excluding hydrogens is 148 g/mol. The second-order valence-electron chi connectivity index (χ2n) is 3.92. The maximum atomic E-state index is 9.04. The highest BCUT2D eigenvalue weighted by atomic mass is 16.3. The number of rotatable bonds is 1. The van der Waals surface area contributed by atoms with Crippen LogP contribution < -0.4 is 0 Å². The average molecular weight is 168 g/mol. The van der Waals surface area contributed by atoms with Crippen LogP contribution in [0.25, 0.3) is 0 Å². The van der Waals surface area contributed by atoms with E-state index in [0.717, 1.165) is 6.42 Å². The van der Waals surface area contributed by atoms with Crippen LogP contribution in [-0.2, 0) is 0 Å². The quantitative estimate of drug-likeness (QED) is 0.597. The lowest BCUT2D eigenvalue weighted by molar-refractivity contribution is 0.209. The van der Waals surface area contributed by atoms with Gasteiger partial charge < -0.3 is 5.11 Å². The van der Waals surface area contributed by atoms with E-state index >= 15 is 0 Å². The predicted molar refractivity (Wildman–Crippen MR) is 52.0 cm³/mol. The Hall–Kier alpha value is -0.300. The molecule has 12 heavy (non-hydrogen) atoms. The second kappa shape index (κ2) is 5.36. The van der Waals surface area contributed by atoms with Gasteiger partial charge in [-0.15, -0.1) is 0 Å². The molecule has 0 aromatic rings. The monoisotopic (exact) mass is 168 g/mol. The second-order valence-corrected chi connectivity index (χ2v) is 3.92. The minimum atomic E-state index is 0.382. The normalized spacial score (nSPS) is 31.2. The molecular formula is C11H20O. The summed E-state index contributed by atoms with van der Waals surface area (Å²) in [5.74, 6) is 0.562. The first kappa shape index (κ1) is 9.79. The number of hydrogen-bond donors (Lipinski definition) is 1. The lowest BCUT2D eigenvalue weighted by Gasteiger charge is -2.10. The Morgan fingerprint density at radius 2 is 2.25 bits per heavy atom. The van der Waals surface area contributed by atoms with Crippen molar-refractivity contribution in [2.75, 3.05) is 6.61 Å². The van der Waals surface area contributed by atoms with E-state index in [9.17, 15) is 0 Å². The fraction of sp³-hybridized carbons (Fsp3) is 0.818. The van der Waals surface area contributed by atoms with Crippen LogP contribution in [0.15, 0.2) is 11.6 Å². The average Bonchev–Trinajstić information content (AvgIpc) is 2.17. The molecule has 70 valence electrons. The largest absolute Gasteiger partial charge is 0.396 e. The maximum absolute atomic E-state index is 9.04. The third kappa shape index (κ3) is 3.40. The Kier molecular flexibility index (Phi) is 4.37. The van der Waals surface area contributed by atoms with Gasteiger partial charge in [0.15, 0.2) is 0 Å². The highest BCUT2D eigenvalue weighted by molar-refractivity contribution is 4.98. The first-order chi connectivity index (χ1) is 5.83. The van der Waals surface area contributed by atoms with E-state index in [2.05, 4.69) is 13.0 Å². The van der Waals surface area contributed by atoms with Gasteiger partial charge in [-0.05, 0) is 44.9 Å². The van der Waals surface area contributed by atoms with Gasteiger partial charge in [-0.3, -0.25) is 0 Å². The van der Waals surface area contributed by atoms with Crippen LogP contribution in [0, 0.1) is 5.92 Å². The number of aliphatic hydroxyl groups excluding tert-OH is 1. The third-order valence-electron chi connectivity index (χ3n) is 2.76. The molecule has 0 saturated carbocycles. The first-order valence-corrected chi connectivity index (χ1v) is 5.09. The topological polar surface area (TPSA) is 20.2 Å². The Morgan fingerprint density at radius 1 is 1.42 bits per heavy atom. The molecule has 0 radical (unpaired) electrons.